The van der Waals surface area contributed by atoms with Crippen LogP contribution in [0.2, 0.25) is 0 Å². The van der Waals surface area contributed by atoms with Crippen molar-refractivity contribution in [2.75, 3.05) is 0 Å². The predicted octanol–water partition coefficient (Wildman–Crippen LogP) is 3.26. The minimum atomic E-state index is -0.693. The topological polar surface area (TPSA) is 52.6 Å². The number of hydrogen-bond acceptors (Lipinski definition) is 4. The summed E-state index contributed by atoms with van der Waals surface area (Å²) in [4.78, 5) is 23.0. The van der Waals surface area contributed by atoms with Crippen molar-refractivity contribution >= 4 is 11.9 Å². The summed E-state index contributed by atoms with van der Waals surface area (Å²) in [5.41, 5.74) is 0. The van der Waals surface area contributed by atoms with Crippen LogP contribution in [0.25, 0.3) is 0 Å². The van der Waals surface area contributed by atoms with Crippen molar-refractivity contribution in [1.29, 1.82) is 0 Å². The molecule has 22 heavy (non-hydrogen) atoms. The molecule has 0 aliphatic carbocycles. The van der Waals surface area contributed by atoms with Gasteiger partial charge >= 0.3 is 11.9 Å². The Morgan fingerprint density at radius 1 is 0.773 bits per heavy atom. The van der Waals surface area contributed by atoms with Crippen molar-refractivity contribution in [3.8, 4) is 11.5 Å². The van der Waals surface area contributed by atoms with Gasteiger partial charge in [0.15, 0.2) is 0 Å². The van der Waals surface area contributed by atoms with Gasteiger partial charge in [-0.25, -0.2) is 8.78 Å². The highest BCUT2D eigenvalue weighted by Crippen LogP contribution is 2.15. The van der Waals surface area contributed by atoms with Gasteiger partial charge in [-0.15, -0.1) is 0 Å². The molecular formula is C16H12F2O4. The first-order valence-electron chi connectivity index (χ1n) is 6.45. The molecule has 114 valence electrons. The van der Waals surface area contributed by atoms with Crippen LogP contribution in [0.3, 0.4) is 0 Å². The maximum absolute atomic E-state index is 12.9. The molecule has 0 saturated heterocycles. The lowest BCUT2D eigenvalue weighted by Crippen LogP contribution is -2.14. The van der Waals surface area contributed by atoms with Crippen LogP contribution in [-0.2, 0) is 9.59 Å². The van der Waals surface area contributed by atoms with Gasteiger partial charge in [0.25, 0.3) is 0 Å². The smallest absolute Gasteiger partial charge is 0.311 e. The Bertz CT molecular complexity index is 626. The zero-order valence-electron chi connectivity index (χ0n) is 11.4. The third kappa shape index (κ3) is 4.97. The van der Waals surface area contributed by atoms with E-state index in [0.717, 1.165) is 12.1 Å². The average molecular weight is 306 g/mol. The first-order chi connectivity index (χ1) is 10.5. The standard InChI is InChI=1S/C16H12F2O4/c17-11-3-1-5-13(9-11)21-15(19)7-8-16(20)22-14-6-2-4-12(18)10-14/h1-6,9-10H,7-8H2. The summed E-state index contributed by atoms with van der Waals surface area (Å²) >= 11 is 0. The lowest BCUT2D eigenvalue weighted by Gasteiger charge is -2.05. The summed E-state index contributed by atoms with van der Waals surface area (Å²) in [5.74, 6) is -2.33. The number of benzene rings is 2. The van der Waals surface area contributed by atoms with Crippen LogP contribution >= 0.6 is 0 Å². The van der Waals surface area contributed by atoms with Crippen LogP contribution in [-0.4, -0.2) is 11.9 Å². The van der Waals surface area contributed by atoms with E-state index in [2.05, 4.69) is 0 Å². The number of esters is 2. The predicted molar refractivity (Wildman–Crippen MR) is 73.3 cm³/mol. The van der Waals surface area contributed by atoms with E-state index >= 15 is 0 Å². The van der Waals surface area contributed by atoms with Crippen LogP contribution < -0.4 is 9.47 Å². The number of ether oxygens (including phenoxy) is 2. The van der Waals surface area contributed by atoms with E-state index in [9.17, 15) is 18.4 Å². The van der Waals surface area contributed by atoms with E-state index in [4.69, 9.17) is 9.47 Å². The van der Waals surface area contributed by atoms with Crippen molar-refractivity contribution in [2.45, 2.75) is 12.8 Å². The van der Waals surface area contributed by atoms with Crippen molar-refractivity contribution in [3.63, 3.8) is 0 Å². The Balaban J connectivity index is 1.79. The molecule has 0 N–H and O–H groups in total. The number of halogens is 2. The third-order valence-electron chi connectivity index (χ3n) is 2.59. The van der Waals surface area contributed by atoms with Gasteiger partial charge in [0.05, 0.1) is 12.8 Å². The van der Waals surface area contributed by atoms with Gasteiger partial charge < -0.3 is 9.47 Å². The summed E-state index contributed by atoms with van der Waals surface area (Å²) in [6.45, 7) is 0. The minimum Gasteiger partial charge on any atom is -0.426 e. The minimum absolute atomic E-state index is 0.0588. The zero-order valence-corrected chi connectivity index (χ0v) is 11.4. The van der Waals surface area contributed by atoms with Gasteiger partial charge in [-0.2, -0.15) is 0 Å². The quantitative estimate of drug-likeness (QED) is 0.628. The molecular weight excluding hydrogens is 294 g/mol. The van der Waals surface area contributed by atoms with Crippen LogP contribution in [0.1, 0.15) is 12.8 Å². The Kier molecular flexibility index (Phi) is 5.19. The summed E-state index contributed by atoms with van der Waals surface area (Å²) in [7, 11) is 0. The number of carbonyl (C=O) groups excluding carboxylic acids is 2. The van der Waals surface area contributed by atoms with Crippen LogP contribution in [0.5, 0.6) is 11.5 Å². The third-order valence-corrected chi connectivity index (χ3v) is 2.59. The zero-order chi connectivity index (χ0) is 15.9. The lowest BCUT2D eigenvalue weighted by atomic mass is 10.3. The molecule has 2 aromatic rings. The highest BCUT2D eigenvalue weighted by molar-refractivity contribution is 5.80. The maximum Gasteiger partial charge on any atom is 0.311 e. The fourth-order valence-electron chi connectivity index (χ4n) is 1.63. The average Bonchev–Trinajstić information content (AvgIpc) is 2.45. The van der Waals surface area contributed by atoms with Crippen molar-refractivity contribution in [1.82, 2.24) is 0 Å². The summed E-state index contributed by atoms with van der Waals surface area (Å²) in [6, 6.07) is 10.2. The normalized spacial score (nSPS) is 10.1. The van der Waals surface area contributed by atoms with Crippen molar-refractivity contribution in [3.05, 3.63) is 60.2 Å². The second kappa shape index (κ2) is 7.31. The molecule has 0 aliphatic heterocycles. The summed E-state index contributed by atoms with van der Waals surface area (Å²) in [5, 5.41) is 0. The van der Waals surface area contributed by atoms with Gasteiger partial charge in [-0.05, 0) is 24.3 Å². The fraction of sp³-hybridized carbons (Fsp3) is 0.125. The molecule has 0 amide bonds. The van der Waals surface area contributed by atoms with Gasteiger partial charge in [-0.3, -0.25) is 9.59 Å². The maximum atomic E-state index is 12.9. The second-order valence-electron chi connectivity index (χ2n) is 4.36. The largest absolute Gasteiger partial charge is 0.426 e. The molecule has 0 radical (unpaired) electrons. The first-order valence-corrected chi connectivity index (χ1v) is 6.45. The molecule has 2 aromatic carbocycles. The van der Waals surface area contributed by atoms with Gasteiger partial charge in [0, 0.05) is 12.1 Å². The van der Waals surface area contributed by atoms with Crippen LogP contribution in [0, 0.1) is 11.6 Å². The summed E-state index contributed by atoms with van der Waals surface area (Å²) < 4.78 is 35.6. The molecule has 2 rings (SSSR count). The van der Waals surface area contributed by atoms with Crippen molar-refractivity contribution < 1.29 is 27.8 Å². The van der Waals surface area contributed by atoms with Gasteiger partial charge in [0.1, 0.15) is 23.1 Å². The monoisotopic (exact) mass is 306 g/mol. The van der Waals surface area contributed by atoms with E-state index in [1.807, 2.05) is 0 Å². The molecule has 0 heterocycles. The molecule has 0 atom stereocenters. The van der Waals surface area contributed by atoms with E-state index in [1.165, 1.54) is 36.4 Å². The molecule has 6 heteroatoms. The first kappa shape index (κ1) is 15.6. The molecule has 0 spiro atoms. The van der Waals surface area contributed by atoms with Gasteiger partial charge in [0.2, 0.25) is 0 Å². The second-order valence-corrected chi connectivity index (χ2v) is 4.36. The molecule has 0 bridgehead atoms. The SMILES string of the molecule is O=C(CCC(=O)Oc1cccc(F)c1)Oc1cccc(F)c1. The van der Waals surface area contributed by atoms with Crippen LogP contribution in [0.4, 0.5) is 8.78 Å². The summed E-state index contributed by atoms with van der Waals surface area (Å²) in [6.07, 6.45) is -0.463. The van der Waals surface area contributed by atoms with E-state index < -0.39 is 23.6 Å². The highest BCUT2D eigenvalue weighted by Gasteiger charge is 2.11. The van der Waals surface area contributed by atoms with Gasteiger partial charge in [-0.1, -0.05) is 12.1 Å². The molecule has 0 saturated carbocycles. The lowest BCUT2D eigenvalue weighted by molar-refractivity contribution is -0.140. The highest BCUT2D eigenvalue weighted by atomic mass is 19.1. The van der Waals surface area contributed by atoms with E-state index in [0.29, 0.717) is 0 Å². The van der Waals surface area contributed by atoms with E-state index in [1.54, 1.807) is 0 Å². The molecule has 0 fully saturated rings. The Hall–Kier alpha value is -2.76. The molecule has 0 aromatic heterocycles. The molecule has 0 aliphatic rings. The Morgan fingerprint density at radius 3 is 1.55 bits per heavy atom. The van der Waals surface area contributed by atoms with E-state index in [-0.39, 0.29) is 24.3 Å². The van der Waals surface area contributed by atoms with Crippen LogP contribution in [0.15, 0.2) is 48.5 Å². The molecule has 4 nitrogen and oxygen atoms in total. The Labute approximate surface area is 125 Å². The van der Waals surface area contributed by atoms with Crippen molar-refractivity contribution in [2.24, 2.45) is 0 Å². The number of rotatable bonds is 5. The molecule has 0 unspecified atom stereocenters. The fourth-order valence-corrected chi connectivity index (χ4v) is 1.63. The number of hydrogen-bond donors (Lipinski definition) is 0. The Morgan fingerprint density at radius 2 is 1.18 bits per heavy atom. The number of carbonyl (C=O) groups is 2.